The first-order chi connectivity index (χ1) is 8.08. The van der Waals surface area contributed by atoms with Gasteiger partial charge in [0.05, 0.1) is 12.2 Å². The number of furan rings is 1. The Kier molecular flexibility index (Phi) is 3.88. The highest BCUT2D eigenvalue weighted by Crippen LogP contribution is 2.21. The second-order valence-corrected chi connectivity index (χ2v) is 5.11. The summed E-state index contributed by atoms with van der Waals surface area (Å²) in [6, 6.07) is 4.14. The molecule has 0 aliphatic rings. The van der Waals surface area contributed by atoms with Gasteiger partial charge in [-0.2, -0.15) is 0 Å². The van der Waals surface area contributed by atoms with Gasteiger partial charge >= 0.3 is 0 Å². The molecule has 0 radical (unpaired) electrons. The van der Waals surface area contributed by atoms with E-state index < -0.39 is 0 Å². The van der Waals surface area contributed by atoms with Crippen molar-refractivity contribution in [1.29, 1.82) is 0 Å². The molecule has 2 heterocycles. The molecule has 5 heteroatoms. The van der Waals surface area contributed by atoms with E-state index in [1.165, 1.54) is 0 Å². The van der Waals surface area contributed by atoms with Gasteiger partial charge in [-0.15, -0.1) is 0 Å². The predicted molar refractivity (Wildman–Crippen MR) is 72.7 cm³/mol. The largest absolute Gasteiger partial charge is 0.454 e. The highest BCUT2D eigenvalue weighted by Gasteiger charge is 2.16. The van der Waals surface area contributed by atoms with Crippen LogP contribution in [0.1, 0.15) is 35.7 Å². The first kappa shape index (κ1) is 12.6. The second-order valence-electron chi connectivity index (χ2n) is 4.05. The number of rotatable bonds is 4. The molecule has 2 aromatic heterocycles. The summed E-state index contributed by atoms with van der Waals surface area (Å²) in [7, 11) is 0. The van der Waals surface area contributed by atoms with Crippen molar-refractivity contribution in [2.24, 2.45) is 0 Å². The first-order valence-corrected chi connectivity index (χ1v) is 6.56. The highest BCUT2D eigenvalue weighted by molar-refractivity contribution is 14.1. The summed E-state index contributed by atoms with van der Waals surface area (Å²) in [5.41, 5.74) is 2.07. The van der Waals surface area contributed by atoms with E-state index in [0.29, 0.717) is 6.54 Å². The molecule has 0 saturated carbocycles. The molecule has 4 nitrogen and oxygen atoms in total. The van der Waals surface area contributed by atoms with Crippen molar-refractivity contribution in [2.45, 2.75) is 33.4 Å². The molecule has 0 aromatic carbocycles. The highest BCUT2D eigenvalue weighted by atomic mass is 127. The molecule has 2 rings (SSSR count). The van der Waals surface area contributed by atoms with Crippen LogP contribution < -0.4 is 5.32 Å². The van der Waals surface area contributed by atoms with Gasteiger partial charge in [-0.1, -0.05) is 5.16 Å². The fourth-order valence-electron chi connectivity index (χ4n) is 1.91. The summed E-state index contributed by atoms with van der Waals surface area (Å²) in [5.74, 6) is 1.81. The van der Waals surface area contributed by atoms with Gasteiger partial charge in [0, 0.05) is 11.6 Å². The topological polar surface area (TPSA) is 51.2 Å². The maximum absolute atomic E-state index is 5.50. The van der Waals surface area contributed by atoms with Gasteiger partial charge in [0.25, 0.3) is 0 Å². The van der Waals surface area contributed by atoms with Crippen LogP contribution in [0.4, 0.5) is 0 Å². The van der Waals surface area contributed by atoms with E-state index in [0.717, 1.165) is 26.5 Å². The molecule has 1 atom stereocenters. The predicted octanol–water partition coefficient (Wildman–Crippen LogP) is 3.34. The lowest BCUT2D eigenvalue weighted by Crippen LogP contribution is -2.18. The lowest BCUT2D eigenvalue weighted by Gasteiger charge is -2.12. The quantitative estimate of drug-likeness (QED) is 0.863. The van der Waals surface area contributed by atoms with Crippen molar-refractivity contribution in [3.63, 3.8) is 0 Å². The lowest BCUT2D eigenvalue weighted by atomic mass is 10.1. The van der Waals surface area contributed by atoms with Crippen LogP contribution in [0.15, 0.2) is 21.1 Å². The van der Waals surface area contributed by atoms with Crippen LogP contribution in [0, 0.1) is 17.6 Å². The Bertz CT molecular complexity index is 485. The number of hydrogen-bond donors (Lipinski definition) is 1. The van der Waals surface area contributed by atoms with Crippen LogP contribution in [-0.2, 0) is 6.54 Å². The van der Waals surface area contributed by atoms with Crippen LogP contribution in [-0.4, -0.2) is 5.16 Å². The van der Waals surface area contributed by atoms with E-state index >= 15 is 0 Å². The third-order valence-electron chi connectivity index (χ3n) is 2.73. The van der Waals surface area contributed by atoms with Crippen molar-refractivity contribution in [3.05, 3.63) is 38.7 Å². The Morgan fingerprint density at radius 1 is 1.41 bits per heavy atom. The molecule has 0 fully saturated rings. The summed E-state index contributed by atoms with van der Waals surface area (Å²) in [5, 5.41) is 7.36. The normalized spacial score (nSPS) is 12.9. The molecule has 2 aromatic rings. The summed E-state index contributed by atoms with van der Waals surface area (Å²) in [6.07, 6.45) is 0. The third kappa shape index (κ3) is 2.90. The van der Waals surface area contributed by atoms with Crippen LogP contribution >= 0.6 is 22.6 Å². The standard InChI is InChI=1S/C12H15IN2O2/c1-7(12-8(2)15-17-9(12)3)14-6-10-4-5-11(13)16-10/h4-5,7,14H,6H2,1-3H3. The number of halogens is 1. The molecule has 0 bridgehead atoms. The van der Waals surface area contributed by atoms with Gasteiger partial charge in [-0.25, -0.2) is 0 Å². The van der Waals surface area contributed by atoms with E-state index in [-0.39, 0.29) is 6.04 Å². The zero-order valence-electron chi connectivity index (χ0n) is 10.1. The van der Waals surface area contributed by atoms with E-state index in [1.807, 2.05) is 26.0 Å². The first-order valence-electron chi connectivity index (χ1n) is 5.48. The SMILES string of the molecule is Cc1noc(C)c1C(C)NCc1ccc(I)o1. The minimum atomic E-state index is 0.198. The van der Waals surface area contributed by atoms with Crippen molar-refractivity contribution in [3.8, 4) is 0 Å². The molecule has 1 unspecified atom stereocenters. The van der Waals surface area contributed by atoms with Gasteiger partial charge in [-0.05, 0) is 55.5 Å². The molecular weight excluding hydrogens is 331 g/mol. The molecule has 0 spiro atoms. The average Bonchev–Trinajstić information content (AvgIpc) is 2.83. The van der Waals surface area contributed by atoms with Crippen LogP contribution in [0.3, 0.4) is 0 Å². The second kappa shape index (κ2) is 5.22. The number of nitrogens with one attached hydrogen (secondary N) is 1. The summed E-state index contributed by atoms with van der Waals surface area (Å²) in [4.78, 5) is 0. The Hall–Kier alpha value is -0.820. The Morgan fingerprint density at radius 3 is 2.71 bits per heavy atom. The number of hydrogen-bond acceptors (Lipinski definition) is 4. The molecule has 0 aliphatic heterocycles. The molecule has 17 heavy (non-hydrogen) atoms. The number of nitrogens with zero attached hydrogens (tertiary/aromatic N) is 1. The van der Waals surface area contributed by atoms with Gasteiger partial charge in [-0.3, -0.25) is 0 Å². The van der Waals surface area contributed by atoms with Crippen LogP contribution in [0.25, 0.3) is 0 Å². The molecular formula is C12H15IN2O2. The molecule has 0 amide bonds. The van der Waals surface area contributed by atoms with Crippen molar-refractivity contribution < 1.29 is 8.94 Å². The lowest BCUT2D eigenvalue weighted by molar-refractivity contribution is 0.389. The van der Waals surface area contributed by atoms with E-state index in [2.05, 4.69) is 40.0 Å². The van der Waals surface area contributed by atoms with E-state index in [1.54, 1.807) is 0 Å². The summed E-state index contributed by atoms with van der Waals surface area (Å²) < 4.78 is 11.6. The Morgan fingerprint density at radius 2 is 2.18 bits per heavy atom. The van der Waals surface area contributed by atoms with E-state index in [9.17, 15) is 0 Å². The van der Waals surface area contributed by atoms with Crippen LogP contribution in [0.5, 0.6) is 0 Å². The fourth-order valence-corrected chi connectivity index (χ4v) is 2.37. The zero-order chi connectivity index (χ0) is 12.4. The molecule has 92 valence electrons. The number of aromatic nitrogens is 1. The maximum atomic E-state index is 5.50. The fraction of sp³-hybridized carbons (Fsp3) is 0.417. The van der Waals surface area contributed by atoms with Crippen molar-refractivity contribution >= 4 is 22.6 Å². The molecule has 1 N–H and O–H groups in total. The minimum Gasteiger partial charge on any atom is -0.454 e. The minimum absolute atomic E-state index is 0.198. The summed E-state index contributed by atoms with van der Waals surface area (Å²) in [6.45, 7) is 6.69. The average molecular weight is 346 g/mol. The molecule has 0 aliphatic carbocycles. The van der Waals surface area contributed by atoms with E-state index in [4.69, 9.17) is 8.94 Å². The van der Waals surface area contributed by atoms with Crippen molar-refractivity contribution in [2.75, 3.05) is 0 Å². The van der Waals surface area contributed by atoms with Gasteiger partial charge in [0.1, 0.15) is 11.5 Å². The monoisotopic (exact) mass is 346 g/mol. The summed E-state index contributed by atoms with van der Waals surface area (Å²) >= 11 is 2.16. The zero-order valence-corrected chi connectivity index (χ0v) is 12.2. The van der Waals surface area contributed by atoms with Crippen LogP contribution in [0.2, 0.25) is 0 Å². The van der Waals surface area contributed by atoms with Gasteiger partial charge < -0.3 is 14.3 Å². The Labute approximate surface area is 114 Å². The third-order valence-corrected chi connectivity index (χ3v) is 3.31. The van der Waals surface area contributed by atoms with Crippen molar-refractivity contribution in [1.82, 2.24) is 10.5 Å². The smallest absolute Gasteiger partial charge is 0.164 e. The number of aryl methyl sites for hydroxylation is 2. The van der Waals surface area contributed by atoms with Gasteiger partial charge in [0.15, 0.2) is 3.77 Å². The maximum Gasteiger partial charge on any atom is 0.164 e. The van der Waals surface area contributed by atoms with Gasteiger partial charge in [0.2, 0.25) is 0 Å². The molecule has 0 saturated heterocycles. The Balaban J connectivity index is 2.00.